The van der Waals surface area contributed by atoms with E-state index in [2.05, 4.69) is 10.4 Å². The summed E-state index contributed by atoms with van der Waals surface area (Å²) in [5.41, 5.74) is 1.75. The van der Waals surface area contributed by atoms with Gasteiger partial charge in [-0.2, -0.15) is 5.10 Å². The molecule has 1 aromatic heterocycles. The first-order valence-electron chi connectivity index (χ1n) is 8.25. The molecule has 0 radical (unpaired) electrons. The summed E-state index contributed by atoms with van der Waals surface area (Å²) < 4.78 is 1.59. The van der Waals surface area contributed by atoms with Crippen molar-refractivity contribution in [2.24, 2.45) is 0 Å². The highest BCUT2D eigenvalue weighted by Crippen LogP contribution is 2.19. The molecule has 0 aliphatic carbocycles. The number of amides is 1. The number of nitro benzene ring substituents is 1. The molecule has 0 atom stereocenters. The summed E-state index contributed by atoms with van der Waals surface area (Å²) in [5.74, 6) is -1.13. The zero-order valence-electron chi connectivity index (χ0n) is 14.3. The van der Waals surface area contributed by atoms with Crippen LogP contribution in [0, 0.1) is 10.1 Å². The van der Waals surface area contributed by atoms with Crippen molar-refractivity contribution in [2.45, 2.75) is 32.6 Å². The van der Waals surface area contributed by atoms with Crippen LogP contribution in [-0.4, -0.2) is 38.2 Å². The third-order valence-corrected chi connectivity index (χ3v) is 3.86. The zero-order chi connectivity index (χ0) is 19.1. The lowest BCUT2D eigenvalue weighted by Crippen LogP contribution is -2.25. The van der Waals surface area contributed by atoms with E-state index in [1.54, 1.807) is 16.8 Å². The van der Waals surface area contributed by atoms with Crippen molar-refractivity contribution in [3.05, 3.63) is 51.8 Å². The predicted molar refractivity (Wildman–Crippen MR) is 93.4 cm³/mol. The third-order valence-electron chi connectivity index (χ3n) is 3.86. The van der Waals surface area contributed by atoms with Crippen molar-refractivity contribution < 1.29 is 19.6 Å². The number of rotatable bonds is 9. The van der Waals surface area contributed by atoms with Gasteiger partial charge in [-0.3, -0.25) is 19.7 Å². The largest absolute Gasteiger partial charge is 0.481 e. The third kappa shape index (κ3) is 4.65. The quantitative estimate of drug-likeness (QED) is 0.401. The molecule has 1 aromatic carbocycles. The molecule has 0 saturated carbocycles. The number of carbonyl (C=O) groups excluding carboxylic acids is 1. The molecule has 1 amide bonds. The van der Waals surface area contributed by atoms with Crippen molar-refractivity contribution >= 4 is 17.6 Å². The standard InChI is InChI=1S/C17H20N4O5/c1-2-15-14(17(24)18-10-4-3-5-16(22)23)11-19-20(15)12-6-8-13(9-7-12)21(25)26/h6-9,11H,2-5,10H2,1H3,(H,18,24)(H,22,23). The number of nitrogens with one attached hydrogen (secondary N) is 1. The van der Waals surface area contributed by atoms with Crippen molar-refractivity contribution in [3.8, 4) is 5.69 Å². The number of carboxylic acids is 1. The van der Waals surface area contributed by atoms with Gasteiger partial charge < -0.3 is 10.4 Å². The summed E-state index contributed by atoms with van der Waals surface area (Å²) in [5, 5.41) is 26.3. The van der Waals surface area contributed by atoms with Gasteiger partial charge in [-0.05, 0) is 31.4 Å². The molecule has 0 saturated heterocycles. The van der Waals surface area contributed by atoms with Crippen LogP contribution in [0.25, 0.3) is 5.69 Å². The molecule has 2 rings (SSSR count). The number of aliphatic carboxylic acids is 1. The van der Waals surface area contributed by atoms with Crippen LogP contribution in [-0.2, 0) is 11.2 Å². The van der Waals surface area contributed by atoms with E-state index < -0.39 is 10.9 Å². The second-order valence-corrected chi connectivity index (χ2v) is 5.65. The van der Waals surface area contributed by atoms with Gasteiger partial charge in [0, 0.05) is 25.1 Å². The number of unbranched alkanes of at least 4 members (excludes halogenated alkanes) is 1. The van der Waals surface area contributed by atoms with Crippen LogP contribution in [0.5, 0.6) is 0 Å². The van der Waals surface area contributed by atoms with Gasteiger partial charge in [0.1, 0.15) is 0 Å². The average molecular weight is 360 g/mol. The number of nitro groups is 1. The van der Waals surface area contributed by atoms with E-state index in [1.165, 1.54) is 18.3 Å². The zero-order valence-corrected chi connectivity index (χ0v) is 14.3. The number of carbonyl (C=O) groups is 2. The normalized spacial score (nSPS) is 10.5. The molecular formula is C17H20N4O5. The van der Waals surface area contributed by atoms with E-state index in [-0.39, 0.29) is 18.0 Å². The number of hydrogen-bond donors (Lipinski definition) is 2. The van der Waals surface area contributed by atoms with Gasteiger partial charge in [-0.25, -0.2) is 4.68 Å². The lowest BCUT2D eigenvalue weighted by Gasteiger charge is -2.08. The summed E-state index contributed by atoms with van der Waals surface area (Å²) >= 11 is 0. The Balaban J connectivity index is 2.08. The van der Waals surface area contributed by atoms with Crippen LogP contribution in [0.4, 0.5) is 5.69 Å². The highest BCUT2D eigenvalue weighted by Gasteiger charge is 2.17. The van der Waals surface area contributed by atoms with Crippen LogP contribution >= 0.6 is 0 Å². The van der Waals surface area contributed by atoms with Gasteiger partial charge in [0.25, 0.3) is 11.6 Å². The Kier molecular flexibility index (Phi) is 6.42. The van der Waals surface area contributed by atoms with Gasteiger partial charge in [-0.1, -0.05) is 6.92 Å². The second kappa shape index (κ2) is 8.75. The molecule has 0 unspecified atom stereocenters. The SMILES string of the molecule is CCc1c(C(=O)NCCCCC(=O)O)cnn1-c1ccc([N+](=O)[O-])cc1. The fraction of sp³-hybridized carbons (Fsp3) is 0.353. The molecule has 0 aliphatic heterocycles. The van der Waals surface area contributed by atoms with Gasteiger partial charge in [-0.15, -0.1) is 0 Å². The van der Waals surface area contributed by atoms with Crippen LogP contribution in [0.1, 0.15) is 42.2 Å². The number of hydrogen-bond acceptors (Lipinski definition) is 5. The maximum atomic E-state index is 12.3. The summed E-state index contributed by atoms with van der Waals surface area (Å²) in [6.07, 6.45) is 3.17. The fourth-order valence-corrected chi connectivity index (χ4v) is 2.54. The second-order valence-electron chi connectivity index (χ2n) is 5.65. The maximum absolute atomic E-state index is 12.3. The average Bonchev–Trinajstić information content (AvgIpc) is 3.05. The Hall–Kier alpha value is -3.23. The minimum atomic E-state index is -0.853. The van der Waals surface area contributed by atoms with E-state index in [9.17, 15) is 19.7 Å². The Bertz CT molecular complexity index is 798. The monoisotopic (exact) mass is 360 g/mol. The lowest BCUT2D eigenvalue weighted by atomic mass is 10.1. The summed E-state index contributed by atoms with van der Waals surface area (Å²) in [6.45, 7) is 2.28. The van der Waals surface area contributed by atoms with Gasteiger partial charge in [0.05, 0.1) is 28.1 Å². The van der Waals surface area contributed by atoms with Crippen molar-refractivity contribution in [3.63, 3.8) is 0 Å². The van der Waals surface area contributed by atoms with Crippen molar-refractivity contribution in [1.29, 1.82) is 0 Å². The molecule has 0 spiro atoms. The molecular weight excluding hydrogens is 340 g/mol. The smallest absolute Gasteiger partial charge is 0.303 e. The number of carboxylic acid groups (broad SMARTS) is 1. The van der Waals surface area contributed by atoms with Crippen LogP contribution < -0.4 is 5.32 Å². The first-order chi connectivity index (χ1) is 12.4. The van der Waals surface area contributed by atoms with Gasteiger partial charge in [0.15, 0.2) is 0 Å². The highest BCUT2D eigenvalue weighted by atomic mass is 16.6. The van der Waals surface area contributed by atoms with Gasteiger partial charge >= 0.3 is 5.97 Å². The number of nitrogens with zero attached hydrogens (tertiary/aromatic N) is 3. The minimum Gasteiger partial charge on any atom is -0.481 e. The van der Waals surface area contributed by atoms with E-state index >= 15 is 0 Å². The molecule has 26 heavy (non-hydrogen) atoms. The number of non-ortho nitro benzene ring substituents is 1. The van der Waals surface area contributed by atoms with E-state index in [0.717, 1.165) is 0 Å². The summed E-state index contributed by atoms with van der Waals surface area (Å²) in [4.78, 5) is 33.1. The first-order valence-corrected chi connectivity index (χ1v) is 8.25. The van der Waals surface area contributed by atoms with Crippen molar-refractivity contribution in [2.75, 3.05) is 6.54 Å². The summed E-state index contributed by atoms with van der Waals surface area (Å²) in [7, 11) is 0. The molecule has 2 N–H and O–H groups in total. The van der Waals surface area contributed by atoms with Crippen LogP contribution in [0.3, 0.4) is 0 Å². The Labute approximate surface area is 149 Å². The van der Waals surface area contributed by atoms with E-state index in [1.807, 2.05) is 6.92 Å². The first kappa shape index (κ1) is 19.1. The Morgan fingerprint density at radius 2 is 1.96 bits per heavy atom. The molecule has 1 heterocycles. The molecule has 2 aromatic rings. The maximum Gasteiger partial charge on any atom is 0.303 e. The molecule has 9 heteroatoms. The Morgan fingerprint density at radius 3 is 2.54 bits per heavy atom. The predicted octanol–water partition coefficient (Wildman–Crippen LogP) is 2.33. The lowest BCUT2D eigenvalue weighted by molar-refractivity contribution is -0.384. The van der Waals surface area contributed by atoms with Crippen LogP contribution in [0.15, 0.2) is 30.5 Å². The van der Waals surface area contributed by atoms with E-state index in [0.29, 0.717) is 42.8 Å². The molecule has 0 bridgehead atoms. The molecule has 9 nitrogen and oxygen atoms in total. The molecule has 0 aliphatic rings. The van der Waals surface area contributed by atoms with Crippen LogP contribution in [0.2, 0.25) is 0 Å². The fourth-order valence-electron chi connectivity index (χ4n) is 2.54. The van der Waals surface area contributed by atoms with Gasteiger partial charge in [0.2, 0.25) is 0 Å². The van der Waals surface area contributed by atoms with Crippen molar-refractivity contribution in [1.82, 2.24) is 15.1 Å². The number of aromatic nitrogens is 2. The molecule has 0 fully saturated rings. The topological polar surface area (TPSA) is 127 Å². The van der Waals surface area contributed by atoms with E-state index in [4.69, 9.17) is 5.11 Å². The minimum absolute atomic E-state index is 0.0155. The molecule has 138 valence electrons. The highest BCUT2D eigenvalue weighted by molar-refractivity contribution is 5.95. The number of benzene rings is 1. The Morgan fingerprint density at radius 1 is 1.27 bits per heavy atom. The summed E-state index contributed by atoms with van der Waals surface area (Å²) in [6, 6.07) is 5.94.